The molecule has 1 fully saturated rings. The number of hydrogen-bond donors (Lipinski definition) is 1. The van der Waals surface area contributed by atoms with Crippen molar-refractivity contribution in [3.05, 3.63) is 11.7 Å². The van der Waals surface area contributed by atoms with Gasteiger partial charge in [0.2, 0.25) is 5.89 Å². The van der Waals surface area contributed by atoms with Gasteiger partial charge < -0.3 is 15.0 Å². The molecule has 0 bridgehead atoms. The van der Waals surface area contributed by atoms with Crippen molar-refractivity contribution in [1.82, 2.24) is 10.1 Å². The molecular formula is C10H17N3O2. The van der Waals surface area contributed by atoms with Crippen LogP contribution >= 0.6 is 0 Å². The number of methoxy groups -OCH3 is 1. The second-order valence-corrected chi connectivity index (χ2v) is 4.02. The summed E-state index contributed by atoms with van der Waals surface area (Å²) < 4.78 is 10.2. The minimum atomic E-state index is 0.355. The van der Waals surface area contributed by atoms with Crippen LogP contribution in [0, 0.1) is 5.92 Å². The van der Waals surface area contributed by atoms with Crippen LogP contribution in [-0.2, 0) is 11.3 Å². The quantitative estimate of drug-likeness (QED) is 0.806. The Morgan fingerprint density at radius 3 is 3.13 bits per heavy atom. The highest BCUT2D eigenvalue weighted by molar-refractivity contribution is 4.99. The zero-order valence-electron chi connectivity index (χ0n) is 8.98. The van der Waals surface area contributed by atoms with Crippen molar-refractivity contribution >= 4 is 0 Å². The maximum atomic E-state index is 5.71. The fraction of sp³-hybridized carbons (Fsp3) is 0.800. The summed E-state index contributed by atoms with van der Waals surface area (Å²) in [7, 11) is 1.62. The van der Waals surface area contributed by atoms with Gasteiger partial charge >= 0.3 is 0 Å². The standard InChI is InChI=1S/C10H17N3O2/c1-14-6-9-12-10(15-13-9)8-4-2-3-7(8)5-11/h7-8H,2-6,11H2,1H3. The van der Waals surface area contributed by atoms with E-state index < -0.39 is 0 Å². The van der Waals surface area contributed by atoms with E-state index in [1.807, 2.05) is 0 Å². The van der Waals surface area contributed by atoms with Crippen molar-refractivity contribution in [2.24, 2.45) is 11.7 Å². The molecule has 0 saturated heterocycles. The maximum Gasteiger partial charge on any atom is 0.230 e. The predicted molar refractivity (Wildman–Crippen MR) is 54.1 cm³/mol. The number of nitrogens with zero attached hydrogens (tertiary/aromatic N) is 2. The second-order valence-electron chi connectivity index (χ2n) is 4.02. The number of hydrogen-bond acceptors (Lipinski definition) is 5. The molecule has 1 saturated carbocycles. The van der Waals surface area contributed by atoms with Crippen LogP contribution in [0.25, 0.3) is 0 Å². The molecule has 0 spiro atoms. The first kappa shape index (κ1) is 10.6. The van der Waals surface area contributed by atoms with Gasteiger partial charge in [0, 0.05) is 13.0 Å². The van der Waals surface area contributed by atoms with E-state index in [9.17, 15) is 0 Å². The average molecular weight is 211 g/mol. The monoisotopic (exact) mass is 211 g/mol. The van der Waals surface area contributed by atoms with Crippen molar-refractivity contribution in [2.75, 3.05) is 13.7 Å². The molecule has 1 heterocycles. The highest BCUT2D eigenvalue weighted by Gasteiger charge is 2.31. The van der Waals surface area contributed by atoms with E-state index in [0.717, 1.165) is 12.3 Å². The van der Waals surface area contributed by atoms with Crippen LogP contribution in [0.5, 0.6) is 0 Å². The lowest BCUT2D eigenvalue weighted by Gasteiger charge is -2.12. The Labute approximate surface area is 89.0 Å². The predicted octanol–water partition coefficient (Wildman–Crippen LogP) is 1.06. The molecule has 5 heteroatoms. The highest BCUT2D eigenvalue weighted by Crippen LogP contribution is 2.38. The minimum absolute atomic E-state index is 0.355. The van der Waals surface area contributed by atoms with Gasteiger partial charge in [-0.3, -0.25) is 0 Å². The van der Waals surface area contributed by atoms with Gasteiger partial charge in [-0.15, -0.1) is 0 Å². The molecule has 0 radical (unpaired) electrons. The first-order valence-corrected chi connectivity index (χ1v) is 5.36. The van der Waals surface area contributed by atoms with E-state index in [-0.39, 0.29) is 0 Å². The Bertz CT molecular complexity index is 313. The summed E-state index contributed by atoms with van der Waals surface area (Å²) in [5.41, 5.74) is 5.71. The Kier molecular flexibility index (Phi) is 3.33. The molecule has 2 atom stereocenters. The van der Waals surface area contributed by atoms with Gasteiger partial charge in [0.15, 0.2) is 5.82 Å². The third kappa shape index (κ3) is 2.18. The fourth-order valence-corrected chi connectivity index (χ4v) is 2.25. The van der Waals surface area contributed by atoms with E-state index in [2.05, 4.69) is 10.1 Å². The average Bonchev–Trinajstić information content (AvgIpc) is 2.84. The second kappa shape index (κ2) is 4.72. The molecule has 84 valence electrons. The van der Waals surface area contributed by atoms with Crippen molar-refractivity contribution in [3.8, 4) is 0 Å². The molecule has 15 heavy (non-hydrogen) atoms. The Hall–Kier alpha value is -0.940. The summed E-state index contributed by atoms with van der Waals surface area (Å²) in [6.45, 7) is 1.11. The van der Waals surface area contributed by atoms with E-state index in [1.54, 1.807) is 7.11 Å². The van der Waals surface area contributed by atoms with Gasteiger partial charge in [-0.05, 0) is 25.3 Å². The van der Waals surface area contributed by atoms with Gasteiger partial charge in [-0.1, -0.05) is 11.6 Å². The summed E-state index contributed by atoms with van der Waals surface area (Å²) >= 11 is 0. The Balaban J connectivity index is 2.07. The third-order valence-electron chi connectivity index (χ3n) is 3.04. The van der Waals surface area contributed by atoms with Crippen molar-refractivity contribution in [3.63, 3.8) is 0 Å². The lowest BCUT2D eigenvalue weighted by molar-refractivity contribution is 0.174. The molecule has 1 aliphatic carbocycles. The van der Waals surface area contributed by atoms with Gasteiger partial charge in [0.25, 0.3) is 0 Å². The molecule has 2 N–H and O–H groups in total. The molecule has 2 rings (SSSR count). The molecule has 2 unspecified atom stereocenters. The summed E-state index contributed by atoms with van der Waals surface area (Å²) in [6, 6.07) is 0. The maximum absolute atomic E-state index is 5.71. The van der Waals surface area contributed by atoms with E-state index in [1.165, 1.54) is 12.8 Å². The van der Waals surface area contributed by atoms with Crippen LogP contribution in [0.1, 0.15) is 36.9 Å². The number of aromatic nitrogens is 2. The Morgan fingerprint density at radius 2 is 2.40 bits per heavy atom. The van der Waals surface area contributed by atoms with E-state index in [4.69, 9.17) is 15.0 Å². The van der Waals surface area contributed by atoms with Crippen LogP contribution in [0.15, 0.2) is 4.52 Å². The molecule has 0 amide bonds. The van der Waals surface area contributed by atoms with Crippen LogP contribution in [-0.4, -0.2) is 23.8 Å². The van der Waals surface area contributed by atoms with E-state index in [0.29, 0.717) is 30.8 Å². The van der Waals surface area contributed by atoms with E-state index >= 15 is 0 Å². The highest BCUT2D eigenvalue weighted by atomic mass is 16.5. The summed E-state index contributed by atoms with van der Waals surface area (Å²) in [4.78, 5) is 4.32. The number of nitrogens with two attached hydrogens (primary N) is 1. The van der Waals surface area contributed by atoms with Gasteiger partial charge in [-0.25, -0.2) is 0 Å². The summed E-state index contributed by atoms with van der Waals surface area (Å²) in [5, 5.41) is 3.87. The number of ether oxygens (including phenoxy) is 1. The topological polar surface area (TPSA) is 74.2 Å². The SMILES string of the molecule is COCc1noc(C2CCCC2CN)n1. The van der Waals surface area contributed by atoms with Gasteiger partial charge in [-0.2, -0.15) is 4.98 Å². The van der Waals surface area contributed by atoms with Gasteiger partial charge in [0.1, 0.15) is 6.61 Å². The normalized spacial score (nSPS) is 26.0. The zero-order valence-corrected chi connectivity index (χ0v) is 8.98. The summed E-state index contributed by atoms with van der Waals surface area (Å²) in [5.74, 6) is 2.21. The van der Waals surface area contributed by atoms with Crippen molar-refractivity contribution < 1.29 is 9.26 Å². The zero-order chi connectivity index (χ0) is 10.7. The minimum Gasteiger partial charge on any atom is -0.377 e. The molecule has 0 aromatic carbocycles. The van der Waals surface area contributed by atoms with Gasteiger partial charge in [0.05, 0.1) is 0 Å². The van der Waals surface area contributed by atoms with Crippen molar-refractivity contribution in [1.29, 1.82) is 0 Å². The van der Waals surface area contributed by atoms with Crippen LogP contribution in [0.2, 0.25) is 0 Å². The lowest BCUT2D eigenvalue weighted by atomic mass is 9.96. The summed E-state index contributed by atoms with van der Waals surface area (Å²) in [6.07, 6.45) is 3.48. The molecule has 1 aromatic heterocycles. The number of rotatable bonds is 4. The molecular weight excluding hydrogens is 194 g/mol. The lowest BCUT2D eigenvalue weighted by Crippen LogP contribution is -2.17. The third-order valence-corrected chi connectivity index (χ3v) is 3.04. The molecule has 0 aliphatic heterocycles. The van der Waals surface area contributed by atoms with Crippen LogP contribution in [0.3, 0.4) is 0 Å². The van der Waals surface area contributed by atoms with Crippen molar-refractivity contribution in [2.45, 2.75) is 31.8 Å². The molecule has 1 aliphatic rings. The fourth-order valence-electron chi connectivity index (χ4n) is 2.25. The molecule has 5 nitrogen and oxygen atoms in total. The van der Waals surface area contributed by atoms with Crippen LogP contribution < -0.4 is 5.73 Å². The first-order valence-electron chi connectivity index (χ1n) is 5.36. The first-order chi connectivity index (χ1) is 7.35. The largest absolute Gasteiger partial charge is 0.377 e. The molecule has 1 aromatic rings. The smallest absolute Gasteiger partial charge is 0.230 e. The Morgan fingerprint density at radius 1 is 1.53 bits per heavy atom. The van der Waals surface area contributed by atoms with Crippen LogP contribution in [0.4, 0.5) is 0 Å².